The number of anilines is 1. The quantitative estimate of drug-likeness (QED) is 0.785. The molecule has 0 aliphatic rings. The van der Waals surface area contributed by atoms with E-state index in [0.29, 0.717) is 22.2 Å². The van der Waals surface area contributed by atoms with Crippen molar-refractivity contribution in [1.82, 2.24) is 0 Å². The van der Waals surface area contributed by atoms with Crippen LogP contribution in [0.1, 0.15) is 24.1 Å². The molecule has 0 aromatic heterocycles. The van der Waals surface area contributed by atoms with Crippen LogP contribution < -0.4 is 5.32 Å². The van der Waals surface area contributed by atoms with Gasteiger partial charge < -0.3 is 5.32 Å². The van der Waals surface area contributed by atoms with Crippen LogP contribution in [0.25, 0.3) is 0 Å². The molecular formula is C16H14F2N2S. The number of nitrogens with zero attached hydrogens (tertiary/aromatic N) is 1. The molecule has 0 saturated heterocycles. The van der Waals surface area contributed by atoms with Gasteiger partial charge in [-0.05, 0) is 48.9 Å². The van der Waals surface area contributed by atoms with Crippen LogP contribution in [0.5, 0.6) is 0 Å². The number of thioether (sulfide) groups is 1. The third-order valence-electron chi connectivity index (χ3n) is 3.00. The van der Waals surface area contributed by atoms with Gasteiger partial charge in [0.05, 0.1) is 11.6 Å². The van der Waals surface area contributed by atoms with E-state index in [-0.39, 0.29) is 6.04 Å². The molecule has 5 heteroatoms. The Bertz CT molecular complexity index is 618. The van der Waals surface area contributed by atoms with E-state index in [0.717, 1.165) is 11.3 Å². The summed E-state index contributed by atoms with van der Waals surface area (Å²) in [7, 11) is 0. The van der Waals surface area contributed by atoms with E-state index in [9.17, 15) is 8.78 Å². The maximum Gasteiger partial charge on any atom is 0.288 e. The second-order valence-corrected chi connectivity index (χ2v) is 5.57. The Labute approximate surface area is 126 Å². The van der Waals surface area contributed by atoms with Gasteiger partial charge in [-0.3, -0.25) is 0 Å². The normalized spacial score (nSPS) is 12.0. The van der Waals surface area contributed by atoms with Gasteiger partial charge in [-0.2, -0.15) is 14.0 Å². The number of alkyl halides is 2. The minimum atomic E-state index is -2.40. The number of hydrogen-bond acceptors (Lipinski definition) is 3. The summed E-state index contributed by atoms with van der Waals surface area (Å²) in [6, 6.07) is 16.4. The maximum atomic E-state index is 12.2. The van der Waals surface area contributed by atoms with Crippen LogP contribution in [-0.4, -0.2) is 5.76 Å². The van der Waals surface area contributed by atoms with Crippen LogP contribution in [0, 0.1) is 11.3 Å². The highest BCUT2D eigenvalue weighted by Gasteiger charge is 2.07. The third kappa shape index (κ3) is 4.47. The van der Waals surface area contributed by atoms with Crippen LogP contribution >= 0.6 is 11.8 Å². The van der Waals surface area contributed by atoms with Gasteiger partial charge in [0, 0.05) is 16.6 Å². The van der Waals surface area contributed by atoms with Gasteiger partial charge in [-0.25, -0.2) is 0 Å². The highest BCUT2D eigenvalue weighted by atomic mass is 32.2. The summed E-state index contributed by atoms with van der Waals surface area (Å²) in [6.07, 6.45) is 0. The van der Waals surface area contributed by atoms with Gasteiger partial charge in [-0.15, -0.1) is 0 Å². The molecule has 2 nitrogen and oxygen atoms in total. The topological polar surface area (TPSA) is 35.8 Å². The molecule has 108 valence electrons. The van der Waals surface area contributed by atoms with Gasteiger partial charge in [-0.1, -0.05) is 23.9 Å². The van der Waals surface area contributed by atoms with Crippen LogP contribution in [-0.2, 0) is 0 Å². The van der Waals surface area contributed by atoms with Gasteiger partial charge >= 0.3 is 0 Å². The predicted molar refractivity (Wildman–Crippen MR) is 81.5 cm³/mol. The first-order chi connectivity index (χ1) is 10.1. The molecule has 0 saturated carbocycles. The Morgan fingerprint density at radius 3 is 2.19 bits per heavy atom. The molecule has 0 bridgehead atoms. The van der Waals surface area contributed by atoms with Crippen LogP contribution in [0.2, 0.25) is 0 Å². The van der Waals surface area contributed by atoms with E-state index in [1.807, 2.05) is 19.1 Å². The number of halogens is 2. The van der Waals surface area contributed by atoms with E-state index in [2.05, 4.69) is 11.4 Å². The van der Waals surface area contributed by atoms with Crippen molar-refractivity contribution in [1.29, 1.82) is 5.26 Å². The molecule has 0 radical (unpaired) electrons. The molecule has 2 rings (SSSR count). The zero-order valence-electron chi connectivity index (χ0n) is 11.4. The molecular weight excluding hydrogens is 290 g/mol. The lowest BCUT2D eigenvalue weighted by molar-refractivity contribution is 0.252. The first-order valence-electron chi connectivity index (χ1n) is 6.40. The van der Waals surface area contributed by atoms with E-state index in [1.165, 1.54) is 0 Å². The lowest BCUT2D eigenvalue weighted by Gasteiger charge is -2.16. The second kappa shape index (κ2) is 7.09. The van der Waals surface area contributed by atoms with E-state index in [1.54, 1.807) is 36.4 Å². The van der Waals surface area contributed by atoms with E-state index >= 15 is 0 Å². The minimum absolute atomic E-state index is 0.0614. The fraction of sp³-hybridized carbons (Fsp3) is 0.188. The summed E-state index contributed by atoms with van der Waals surface area (Å²) in [4.78, 5) is 0.543. The summed E-state index contributed by atoms with van der Waals surface area (Å²) in [5.74, 6) is -2.40. The third-order valence-corrected chi connectivity index (χ3v) is 3.72. The molecule has 1 N–H and O–H groups in total. The van der Waals surface area contributed by atoms with Gasteiger partial charge in [0.15, 0.2) is 0 Å². The first kappa shape index (κ1) is 15.3. The van der Waals surface area contributed by atoms with Crippen molar-refractivity contribution < 1.29 is 8.78 Å². The first-order valence-corrected chi connectivity index (χ1v) is 7.28. The molecule has 0 heterocycles. The molecule has 0 fully saturated rings. The summed E-state index contributed by atoms with van der Waals surface area (Å²) in [5, 5.41) is 12.1. The SMILES string of the molecule is CC(Nc1ccc(SC(F)F)cc1)c1ccc(C#N)cc1. The van der Waals surface area contributed by atoms with Gasteiger partial charge in [0.25, 0.3) is 5.76 Å². The monoisotopic (exact) mass is 304 g/mol. The standard InChI is InChI=1S/C16H14F2N2S/c1-11(13-4-2-12(10-19)3-5-13)20-14-6-8-15(9-7-14)21-16(17)18/h2-9,11,16,20H,1H3. The number of rotatable bonds is 5. The average Bonchev–Trinajstić information content (AvgIpc) is 2.49. The number of nitrogens with one attached hydrogen (secondary N) is 1. The van der Waals surface area contributed by atoms with Crippen molar-refractivity contribution in [2.24, 2.45) is 0 Å². The molecule has 2 aromatic carbocycles. The Morgan fingerprint density at radius 1 is 1.05 bits per heavy atom. The molecule has 0 amide bonds. The van der Waals surface area contributed by atoms with Crippen molar-refractivity contribution in [2.45, 2.75) is 23.6 Å². The summed E-state index contributed by atoms with van der Waals surface area (Å²) >= 11 is 0.535. The van der Waals surface area contributed by atoms with Gasteiger partial charge in [0.1, 0.15) is 0 Å². The Kier molecular flexibility index (Phi) is 5.18. The molecule has 1 unspecified atom stereocenters. The predicted octanol–water partition coefficient (Wildman–Crippen LogP) is 5.05. The fourth-order valence-electron chi connectivity index (χ4n) is 1.91. The van der Waals surface area contributed by atoms with Crippen LogP contribution in [0.15, 0.2) is 53.4 Å². The smallest absolute Gasteiger partial charge is 0.288 e. The van der Waals surface area contributed by atoms with Crippen LogP contribution in [0.4, 0.5) is 14.5 Å². The number of hydrogen-bond donors (Lipinski definition) is 1. The molecule has 1 atom stereocenters. The van der Waals surface area contributed by atoms with Crippen molar-refractivity contribution in [2.75, 3.05) is 5.32 Å². The fourth-order valence-corrected chi connectivity index (χ4v) is 2.41. The molecule has 21 heavy (non-hydrogen) atoms. The average molecular weight is 304 g/mol. The lowest BCUT2D eigenvalue weighted by Crippen LogP contribution is -2.06. The molecule has 2 aromatic rings. The Morgan fingerprint density at radius 2 is 1.67 bits per heavy atom. The highest BCUT2D eigenvalue weighted by Crippen LogP contribution is 2.27. The second-order valence-electron chi connectivity index (χ2n) is 4.50. The summed E-state index contributed by atoms with van der Waals surface area (Å²) in [5.41, 5.74) is 2.55. The lowest BCUT2D eigenvalue weighted by atomic mass is 10.1. The Balaban J connectivity index is 2.01. The van der Waals surface area contributed by atoms with Crippen LogP contribution in [0.3, 0.4) is 0 Å². The largest absolute Gasteiger partial charge is 0.379 e. The summed E-state index contributed by atoms with van der Waals surface area (Å²) in [6.45, 7) is 2.00. The van der Waals surface area contributed by atoms with Gasteiger partial charge in [0.2, 0.25) is 0 Å². The zero-order chi connectivity index (χ0) is 15.2. The minimum Gasteiger partial charge on any atom is -0.379 e. The van der Waals surface area contributed by atoms with Crippen molar-refractivity contribution in [3.8, 4) is 6.07 Å². The molecule has 0 aliphatic heterocycles. The number of nitriles is 1. The van der Waals surface area contributed by atoms with Crippen molar-refractivity contribution in [3.05, 3.63) is 59.7 Å². The maximum absolute atomic E-state index is 12.2. The highest BCUT2D eigenvalue weighted by molar-refractivity contribution is 7.99. The number of benzene rings is 2. The zero-order valence-corrected chi connectivity index (χ0v) is 12.2. The van der Waals surface area contributed by atoms with E-state index < -0.39 is 5.76 Å². The van der Waals surface area contributed by atoms with Crippen molar-refractivity contribution in [3.63, 3.8) is 0 Å². The summed E-state index contributed by atoms with van der Waals surface area (Å²) < 4.78 is 24.5. The van der Waals surface area contributed by atoms with E-state index in [4.69, 9.17) is 5.26 Å². The van der Waals surface area contributed by atoms with Crippen molar-refractivity contribution >= 4 is 17.4 Å². The Hall–Kier alpha value is -2.06. The molecule has 0 aliphatic carbocycles. The molecule has 0 spiro atoms.